The molecule has 0 rings (SSSR count). The van der Waals surface area contributed by atoms with Crippen molar-refractivity contribution < 1.29 is 123 Å². The summed E-state index contributed by atoms with van der Waals surface area (Å²) in [4.78, 5) is 20.4. The van der Waals surface area contributed by atoms with Crippen LogP contribution in [0.25, 0.3) is 0 Å². The summed E-state index contributed by atoms with van der Waals surface area (Å²) in [7, 11) is 0. The Kier molecular flexibility index (Phi) is 17.4. The Bertz CT molecular complexity index is 221. The third kappa shape index (κ3) is 12.0. The first kappa shape index (κ1) is 21.3. The van der Waals surface area contributed by atoms with E-state index in [1.807, 2.05) is 0 Å². The van der Waals surface area contributed by atoms with E-state index in [0.29, 0.717) is 0 Å². The van der Waals surface area contributed by atoms with E-state index in [1.165, 1.54) is 6.08 Å². The van der Waals surface area contributed by atoms with Crippen LogP contribution in [-0.4, -0.2) is 11.9 Å². The normalized spacial score (nSPS) is 10.1. The molecule has 0 fully saturated rings. The summed E-state index contributed by atoms with van der Waals surface area (Å²) in [5.41, 5.74) is 0.741. The number of aliphatic carboxylic acids is 2. The molecule has 0 saturated carbocycles. The minimum Gasteiger partial charge on any atom is -0.550 e. The van der Waals surface area contributed by atoms with Crippen LogP contribution in [0, 0.1) is 5.92 Å². The Morgan fingerprint density at radius 3 is 1.86 bits per heavy atom. The van der Waals surface area contributed by atoms with E-state index in [-0.39, 0.29) is 103 Å². The third-order valence-corrected chi connectivity index (χ3v) is 1.22. The van der Waals surface area contributed by atoms with Gasteiger partial charge in [0.25, 0.3) is 0 Å². The van der Waals surface area contributed by atoms with Gasteiger partial charge in [0.05, 0.1) is 0 Å². The van der Waals surface area contributed by atoms with Crippen LogP contribution in [0.2, 0.25) is 0 Å². The van der Waals surface area contributed by atoms with Crippen LogP contribution in [0.5, 0.6) is 0 Å². The van der Waals surface area contributed by atoms with Gasteiger partial charge in [0.15, 0.2) is 0 Å². The van der Waals surface area contributed by atoms with Gasteiger partial charge in [-0.3, -0.25) is 0 Å². The van der Waals surface area contributed by atoms with Crippen molar-refractivity contribution in [3.05, 3.63) is 11.6 Å². The fourth-order valence-electron chi connectivity index (χ4n) is 0.792. The summed E-state index contributed by atoms with van der Waals surface area (Å²) in [6, 6.07) is 0. The Morgan fingerprint density at radius 1 is 1.21 bits per heavy atom. The number of allylic oxidation sites excluding steroid dienone is 1. The van der Waals surface area contributed by atoms with Crippen molar-refractivity contribution in [2.45, 2.75) is 20.3 Å². The second kappa shape index (κ2) is 11.4. The third-order valence-electron chi connectivity index (χ3n) is 1.22. The topological polar surface area (TPSA) is 80.3 Å². The van der Waals surface area contributed by atoms with E-state index in [2.05, 4.69) is 0 Å². The summed E-state index contributed by atoms with van der Waals surface area (Å²) in [6.45, 7) is 3.37. The Labute approximate surface area is 168 Å². The Hall–Kier alpha value is 1.95. The molecule has 0 amide bonds. The van der Waals surface area contributed by atoms with Crippen LogP contribution in [0.1, 0.15) is 20.3 Å². The number of carboxylic acids is 2. The average molecular weight is 248 g/mol. The number of carbonyl (C=O) groups excluding carboxylic acids is 2. The first-order valence-corrected chi connectivity index (χ1v) is 3.49. The van der Waals surface area contributed by atoms with Gasteiger partial charge in [-0.1, -0.05) is 11.6 Å². The molecule has 1 unspecified atom stereocenters. The average Bonchev–Trinajstić information content (AvgIpc) is 1.83. The zero-order valence-electron chi connectivity index (χ0n) is 8.99. The number of hydrogen-bond donors (Lipinski definition) is 0. The molecular formula is C8H10K2O4. The molecule has 0 saturated heterocycles. The smallest absolute Gasteiger partial charge is 0.550 e. The van der Waals surface area contributed by atoms with Crippen molar-refractivity contribution in [3.63, 3.8) is 0 Å². The summed E-state index contributed by atoms with van der Waals surface area (Å²) >= 11 is 0. The maximum Gasteiger partial charge on any atom is 1.00 e. The number of hydrogen-bond acceptors (Lipinski definition) is 4. The van der Waals surface area contributed by atoms with Crippen molar-refractivity contribution in [1.29, 1.82) is 0 Å². The Morgan fingerprint density at radius 2 is 1.64 bits per heavy atom. The molecule has 6 heteroatoms. The summed E-state index contributed by atoms with van der Waals surface area (Å²) in [6.07, 6.45) is 0.804. The molecular weight excluding hydrogens is 238 g/mol. The van der Waals surface area contributed by atoms with Gasteiger partial charge in [0, 0.05) is 17.9 Å². The van der Waals surface area contributed by atoms with Crippen LogP contribution in [0.4, 0.5) is 0 Å². The predicted molar refractivity (Wildman–Crippen MR) is 37.6 cm³/mol. The van der Waals surface area contributed by atoms with E-state index < -0.39 is 24.3 Å². The molecule has 0 heterocycles. The van der Waals surface area contributed by atoms with Crippen molar-refractivity contribution in [2.75, 3.05) is 0 Å². The molecule has 68 valence electrons. The maximum absolute atomic E-state index is 10.3. The fourth-order valence-corrected chi connectivity index (χ4v) is 0.792. The maximum atomic E-state index is 10.3. The second-order valence-corrected chi connectivity index (χ2v) is 2.75. The molecule has 0 aromatic carbocycles. The van der Waals surface area contributed by atoms with Crippen molar-refractivity contribution in [2.24, 2.45) is 5.92 Å². The Balaban J connectivity index is -0.000000605. The van der Waals surface area contributed by atoms with Gasteiger partial charge in [-0.2, -0.15) is 0 Å². The minimum atomic E-state index is -1.39. The van der Waals surface area contributed by atoms with Gasteiger partial charge >= 0.3 is 103 Å². The van der Waals surface area contributed by atoms with Gasteiger partial charge in [-0.25, -0.2) is 0 Å². The van der Waals surface area contributed by atoms with Gasteiger partial charge < -0.3 is 19.8 Å². The van der Waals surface area contributed by atoms with Gasteiger partial charge in [0.2, 0.25) is 0 Å². The SMILES string of the molecule is CC(C)=CC(CC(=O)[O-])C(=O)[O-].[K+].[K+]. The van der Waals surface area contributed by atoms with Crippen molar-refractivity contribution in [3.8, 4) is 0 Å². The molecule has 0 spiro atoms. The van der Waals surface area contributed by atoms with Gasteiger partial charge in [0.1, 0.15) is 0 Å². The molecule has 0 aromatic rings. The number of carbonyl (C=O) groups is 2. The van der Waals surface area contributed by atoms with Crippen molar-refractivity contribution in [1.82, 2.24) is 0 Å². The van der Waals surface area contributed by atoms with E-state index in [4.69, 9.17) is 0 Å². The quantitative estimate of drug-likeness (QED) is 0.366. The zero-order chi connectivity index (χ0) is 9.72. The van der Waals surface area contributed by atoms with Crippen molar-refractivity contribution >= 4 is 11.9 Å². The van der Waals surface area contributed by atoms with E-state index in [0.717, 1.165) is 5.57 Å². The molecule has 1 atom stereocenters. The van der Waals surface area contributed by atoms with Crippen LogP contribution in [0.3, 0.4) is 0 Å². The first-order valence-electron chi connectivity index (χ1n) is 3.49. The summed E-state index contributed by atoms with van der Waals surface area (Å²) < 4.78 is 0. The fraction of sp³-hybridized carbons (Fsp3) is 0.500. The molecule has 0 aliphatic carbocycles. The zero-order valence-corrected chi connectivity index (χ0v) is 15.2. The molecule has 0 aromatic heterocycles. The second-order valence-electron chi connectivity index (χ2n) is 2.75. The molecule has 0 N–H and O–H groups in total. The largest absolute Gasteiger partial charge is 1.00 e. The molecule has 4 nitrogen and oxygen atoms in total. The molecule has 0 aliphatic heterocycles. The van der Waals surface area contributed by atoms with Crippen LogP contribution >= 0.6 is 0 Å². The van der Waals surface area contributed by atoms with Crippen LogP contribution in [-0.2, 0) is 9.59 Å². The minimum absolute atomic E-state index is 0. The van der Waals surface area contributed by atoms with Crippen LogP contribution < -0.4 is 113 Å². The molecule has 14 heavy (non-hydrogen) atoms. The molecule has 0 aliphatic rings. The first-order chi connectivity index (χ1) is 5.43. The monoisotopic (exact) mass is 248 g/mol. The summed E-state index contributed by atoms with van der Waals surface area (Å²) in [5.74, 6) is -3.86. The molecule has 0 radical (unpaired) electrons. The number of carboxylic acid groups (broad SMARTS) is 2. The van der Waals surface area contributed by atoms with E-state index >= 15 is 0 Å². The standard InChI is InChI=1S/C8H12O4.2K/c1-5(2)3-6(8(11)12)4-7(9)10;;/h3,6H,4H2,1-2H3,(H,9,10)(H,11,12);;/q;2*+1/p-2. The number of rotatable bonds is 4. The van der Waals surface area contributed by atoms with E-state index in [1.54, 1.807) is 13.8 Å². The van der Waals surface area contributed by atoms with Gasteiger partial charge in [-0.15, -0.1) is 0 Å². The summed E-state index contributed by atoms with van der Waals surface area (Å²) in [5, 5.41) is 20.4. The predicted octanol–water partition coefficient (Wildman–Crippen LogP) is -7.53. The van der Waals surface area contributed by atoms with Crippen LogP contribution in [0.15, 0.2) is 11.6 Å². The molecule has 0 bridgehead atoms. The van der Waals surface area contributed by atoms with E-state index in [9.17, 15) is 19.8 Å². The van der Waals surface area contributed by atoms with Gasteiger partial charge in [-0.05, 0) is 20.3 Å².